The molecule has 2 aromatic heterocycles. The Morgan fingerprint density at radius 3 is 3.12 bits per heavy atom. The highest BCUT2D eigenvalue weighted by Crippen LogP contribution is 2.23. The summed E-state index contributed by atoms with van der Waals surface area (Å²) in [7, 11) is 3.69. The number of hydrogen-bond acceptors (Lipinski definition) is 4. The van der Waals surface area contributed by atoms with Gasteiger partial charge in [0.15, 0.2) is 0 Å². The number of aryl methyl sites for hydroxylation is 1. The van der Waals surface area contributed by atoms with Gasteiger partial charge in [-0.15, -0.1) is 11.3 Å². The molecule has 92 valence electrons. The first-order chi connectivity index (χ1) is 8.31. The first-order valence-corrected chi connectivity index (χ1v) is 6.45. The first-order valence-electron chi connectivity index (χ1n) is 5.57. The molecule has 2 rings (SSSR count). The second-order valence-electron chi connectivity index (χ2n) is 3.79. The Labute approximate surface area is 105 Å². The zero-order valence-electron chi connectivity index (χ0n) is 10.1. The lowest BCUT2D eigenvalue weighted by Crippen LogP contribution is -2.20. The van der Waals surface area contributed by atoms with Crippen LogP contribution < -0.4 is 5.32 Å². The molecular formula is C12H17N3OS. The monoisotopic (exact) mass is 251 g/mol. The molecule has 0 saturated carbocycles. The summed E-state index contributed by atoms with van der Waals surface area (Å²) in [4.78, 5) is 1.21. The summed E-state index contributed by atoms with van der Waals surface area (Å²) in [6.07, 6.45) is 0. The highest BCUT2D eigenvalue weighted by atomic mass is 32.1. The van der Waals surface area contributed by atoms with Gasteiger partial charge in [0.2, 0.25) is 0 Å². The molecule has 1 N–H and O–H groups in total. The van der Waals surface area contributed by atoms with Gasteiger partial charge < -0.3 is 10.1 Å². The van der Waals surface area contributed by atoms with E-state index in [9.17, 15) is 0 Å². The zero-order chi connectivity index (χ0) is 12.1. The van der Waals surface area contributed by atoms with Gasteiger partial charge in [0, 0.05) is 27.2 Å². The van der Waals surface area contributed by atoms with E-state index in [1.807, 2.05) is 17.8 Å². The van der Waals surface area contributed by atoms with Crippen molar-refractivity contribution in [2.45, 2.75) is 6.54 Å². The molecule has 0 saturated heterocycles. The van der Waals surface area contributed by atoms with E-state index in [1.165, 1.54) is 10.6 Å². The van der Waals surface area contributed by atoms with Gasteiger partial charge in [0.25, 0.3) is 0 Å². The molecule has 2 aromatic rings. The molecular weight excluding hydrogens is 234 g/mol. The van der Waals surface area contributed by atoms with Crippen molar-refractivity contribution in [3.05, 3.63) is 29.3 Å². The fourth-order valence-corrected chi connectivity index (χ4v) is 2.29. The van der Waals surface area contributed by atoms with Gasteiger partial charge in [-0.25, -0.2) is 0 Å². The van der Waals surface area contributed by atoms with Gasteiger partial charge in [-0.1, -0.05) is 6.07 Å². The molecule has 0 aromatic carbocycles. The Morgan fingerprint density at radius 1 is 1.53 bits per heavy atom. The Balaban J connectivity index is 1.99. The fraction of sp³-hybridized carbons (Fsp3) is 0.417. The molecule has 0 bridgehead atoms. The minimum atomic E-state index is 0.732. The molecule has 0 amide bonds. The maximum absolute atomic E-state index is 4.99. The van der Waals surface area contributed by atoms with Crippen molar-refractivity contribution in [2.24, 2.45) is 7.05 Å². The van der Waals surface area contributed by atoms with E-state index in [1.54, 1.807) is 18.4 Å². The molecule has 2 heterocycles. The number of methoxy groups -OCH3 is 1. The van der Waals surface area contributed by atoms with Crippen LogP contribution in [0.15, 0.2) is 23.6 Å². The Morgan fingerprint density at radius 2 is 2.41 bits per heavy atom. The molecule has 0 aliphatic heterocycles. The highest BCUT2D eigenvalue weighted by molar-refractivity contribution is 7.13. The van der Waals surface area contributed by atoms with Crippen LogP contribution in [-0.4, -0.2) is 30.0 Å². The number of nitrogens with zero attached hydrogens (tertiary/aromatic N) is 2. The molecule has 0 fully saturated rings. The van der Waals surface area contributed by atoms with Gasteiger partial charge in [-0.05, 0) is 17.5 Å². The van der Waals surface area contributed by atoms with Crippen LogP contribution in [0.5, 0.6) is 0 Å². The van der Waals surface area contributed by atoms with E-state index in [-0.39, 0.29) is 0 Å². The lowest BCUT2D eigenvalue weighted by atomic mass is 10.3. The number of ether oxygens (including phenoxy) is 1. The quantitative estimate of drug-likeness (QED) is 0.797. The van der Waals surface area contributed by atoms with E-state index in [0.717, 1.165) is 25.4 Å². The van der Waals surface area contributed by atoms with Crippen LogP contribution in [0, 0.1) is 0 Å². The Bertz CT molecular complexity index is 450. The zero-order valence-corrected chi connectivity index (χ0v) is 11.0. The van der Waals surface area contributed by atoms with Crippen LogP contribution in [0.2, 0.25) is 0 Å². The molecule has 4 nitrogen and oxygen atoms in total. The number of aromatic nitrogens is 2. The molecule has 17 heavy (non-hydrogen) atoms. The fourth-order valence-electron chi connectivity index (χ4n) is 1.61. The van der Waals surface area contributed by atoms with Crippen molar-refractivity contribution >= 4 is 11.3 Å². The molecule has 0 aliphatic rings. The first kappa shape index (κ1) is 12.3. The minimum absolute atomic E-state index is 0.732. The van der Waals surface area contributed by atoms with Crippen LogP contribution in [0.4, 0.5) is 0 Å². The summed E-state index contributed by atoms with van der Waals surface area (Å²) in [6, 6.07) is 6.27. The summed E-state index contributed by atoms with van der Waals surface area (Å²) in [5, 5.41) is 9.90. The second-order valence-corrected chi connectivity index (χ2v) is 4.74. The molecule has 0 radical (unpaired) electrons. The second kappa shape index (κ2) is 5.95. The number of thiophene rings is 1. The van der Waals surface area contributed by atoms with Gasteiger partial charge >= 0.3 is 0 Å². The maximum atomic E-state index is 4.99. The van der Waals surface area contributed by atoms with Crippen molar-refractivity contribution in [2.75, 3.05) is 20.3 Å². The van der Waals surface area contributed by atoms with E-state index in [0.29, 0.717) is 0 Å². The van der Waals surface area contributed by atoms with Crippen LogP contribution in [0.3, 0.4) is 0 Å². The molecule has 5 heteroatoms. The predicted molar refractivity (Wildman–Crippen MR) is 70.1 cm³/mol. The largest absolute Gasteiger partial charge is 0.383 e. The SMILES string of the molecule is COCCNCc1cc(-c2cccs2)nn1C. The molecule has 0 unspecified atom stereocenters. The average Bonchev–Trinajstić information content (AvgIpc) is 2.94. The van der Waals surface area contributed by atoms with Crippen LogP contribution in [0.1, 0.15) is 5.69 Å². The summed E-state index contributed by atoms with van der Waals surface area (Å²) in [5.41, 5.74) is 2.23. The van der Waals surface area contributed by atoms with Crippen LogP contribution >= 0.6 is 11.3 Å². The smallest absolute Gasteiger partial charge is 0.103 e. The number of nitrogens with one attached hydrogen (secondary N) is 1. The number of rotatable bonds is 6. The van der Waals surface area contributed by atoms with Gasteiger partial charge in [-0.3, -0.25) is 4.68 Å². The van der Waals surface area contributed by atoms with Crippen LogP contribution in [-0.2, 0) is 18.3 Å². The van der Waals surface area contributed by atoms with Crippen molar-refractivity contribution < 1.29 is 4.74 Å². The van der Waals surface area contributed by atoms with Gasteiger partial charge in [0.1, 0.15) is 5.69 Å². The van der Waals surface area contributed by atoms with Gasteiger partial charge in [0.05, 0.1) is 17.2 Å². The highest BCUT2D eigenvalue weighted by Gasteiger charge is 2.07. The molecule has 0 spiro atoms. The van der Waals surface area contributed by atoms with E-state index in [2.05, 4.69) is 27.9 Å². The number of hydrogen-bond donors (Lipinski definition) is 1. The Hall–Kier alpha value is -1.17. The van der Waals surface area contributed by atoms with E-state index >= 15 is 0 Å². The third-order valence-electron chi connectivity index (χ3n) is 2.54. The van der Waals surface area contributed by atoms with Crippen LogP contribution in [0.25, 0.3) is 10.6 Å². The summed E-state index contributed by atoms with van der Waals surface area (Å²) < 4.78 is 6.92. The maximum Gasteiger partial charge on any atom is 0.103 e. The Kier molecular flexibility index (Phi) is 4.30. The summed E-state index contributed by atoms with van der Waals surface area (Å²) >= 11 is 1.71. The normalized spacial score (nSPS) is 10.9. The summed E-state index contributed by atoms with van der Waals surface area (Å²) in [5.74, 6) is 0. The lowest BCUT2D eigenvalue weighted by Gasteiger charge is -2.03. The third kappa shape index (κ3) is 3.15. The standard InChI is InChI=1S/C12H17N3OS/c1-15-10(9-13-5-6-16-2)8-11(14-15)12-4-3-7-17-12/h3-4,7-8,13H,5-6,9H2,1-2H3. The summed E-state index contributed by atoms with van der Waals surface area (Å²) in [6.45, 7) is 2.41. The lowest BCUT2D eigenvalue weighted by molar-refractivity contribution is 0.199. The topological polar surface area (TPSA) is 39.1 Å². The van der Waals surface area contributed by atoms with Crippen molar-refractivity contribution in [3.8, 4) is 10.6 Å². The predicted octanol–water partition coefficient (Wildman–Crippen LogP) is 1.88. The van der Waals surface area contributed by atoms with Gasteiger partial charge in [-0.2, -0.15) is 5.10 Å². The average molecular weight is 251 g/mol. The minimum Gasteiger partial charge on any atom is -0.383 e. The third-order valence-corrected chi connectivity index (χ3v) is 3.43. The van der Waals surface area contributed by atoms with Crippen molar-refractivity contribution in [1.29, 1.82) is 0 Å². The van der Waals surface area contributed by atoms with Crippen molar-refractivity contribution in [3.63, 3.8) is 0 Å². The van der Waals surface area contributed by atoms with E-state index < -0.39 is 0 Å². The molecule has 0 atom stereocenters. The van der Waals surface area contributed by atoms with Crippen molar-refractivity contribution in [1.82, 2.24) is 15.1 Å². The van der Waals surface area contributed by atoms with E-state index in [4.69, 9.17) is 4.74 Å². The molecule has 0 aliphatic carbocycles.